The predicted molar refractivity (Wildman–Crippen MR) is 66.9 cm³/mol. The molecular weight excluding hydrogens is 192 g/mol. The van der Waals surface area contributed by atoms with Gasteiger partial charge in [-0.25, -0.2) is 0 Å². The Hall–Kier alpha value is 0. The van der Waals surface area contributed by atoms with Crippen LogP contribution in [0.1, 0.15) is 47.5 Å². The fourth-order valence-corrected chi connectivity index (χ4v) is 7.28. The van der Waals surface area contributed by atoms with Crippen LogP contribution in [0.15, 0.2) is 0 Å². The van der Waals surface area contributed by atoms with Crippen molar-refractivity contribution in [1.29, 1.82) is 0 Å². The van der Waals surface area contributed by atoms with Crippen molar-refractivity contribution in [2.24, 2.45) is 52.3 Å². The fourth-order valence-electron chi connectivity index (χ4n) is 7.28. The Balaban J connectivity index is 1.70. The van der Waals surface area contributed by atoms with Crippen molar-refractivity contribution in [3.63, 3.8) is 0 Å². The van der Waals surface area contributed by atoms with Crippen molar-refractivity contribution in [2.45, 2.75) is 47.5 Å². The standard InChI is InChI=1S/C16H26/c1-8(2)16-10(4)12(16)6-13-14(16)11(5)15(13)7-9(15)3/h8-14H,6-7H2,1-5H3. The summed E-state index contributed by atoms with van der Waals surface area (Å²) in [5.41, 5.74) is 1.64. The molecule has 0 aromatic carbocycles. The lowest BCUT2D eigenvalue weighted by atomic mass is 9.49. The summed E-state index contributed by atoms with van der Waals surface area (Å²) in [6.07, 6.45) is 3.16. The Bertz CT molecular complexity index is 350. The van der Waals surface area contributed by atoms with Crippen LogP contribution >= 0.6 is 0 Å². The largest absolute Gasteiger partial charge is 0.0622 e. The van der Waals surface area contributed by atoms with Gasteiger partial charge in [0.2, 0.25) is 0 Å². The van der Waals surface area contributed by atoms with E-state index < -0.39 is 0 Å². The minimum Gasteiger partial charge on any atom is -0.0622 e. The summed E-state index contributed by atoms with van der Waals surface area (Å²) >= 11 is 0. The normalized spacial score (nSPS) is 70.1. The van der Waals surface area contributed by atoms with Crippen molar-refractivity contribution in [1.82, 2.24) is 0 Å². The average molecular weight is 218 g/mol. The van der Waals surface area contributed by atoms with E-state index in [1.54, 1.807) is 12.8 Å². The third-order valence-electron chi connectivity index (χ3n) is 7.94. The van der Waals surface area contributed by atoms with Gasteiger partial charge in [-0.3, -0.25) is 0 Å². The molecule has 0 heterocycles. The van der Waals surface area contributed by atoms with Gasteiger partial charge in [-0.15, -0.1) is 0 Å². The molecule has 4 aliphatic rings. The summed E-state index contributed by atoms with van der Waals surface area (Å²) in [5.74, 6) is 7.43. The number of hydrogen-bond donors (Lipinski definition) is 0. The maximum atomic E-state index is 2.59. The summed E-state index contributed by atoms with van der Waals surface area (Å²) in [7, 11) is 0. The minimum atomic E-state index is 0.789. The highest BCUT2D eigenvalue weighted by molar-refractivity contribution is 5.32. The molecule has 0 amide bonds. The van der Waals surface area contributed by atoms with Gasteiger partial charge < -0.3 is 0 Å². The molecule has 1 spiro atoms. The number of fused-ring (bicyclic) bond motifs is 4. The highest BCUT2D eigenvalue weighted by Crippen LogP contribution is 2.89. The highest BCUT2D eigenvalue weighted by Gasteiger charge is 2.84. The van der Waals surface area contributed by atoms with Gasteiger partial charge >= 0.3 is 0 Å². The van der Waals surface area contributed by atoms with Crippen molar-refractivity contribution < 1.29 is 0 Å². The first kappa shape index (κ1) is 9.97. The van der Waals surface area contributed by atoms with Crippen LogP contribution in [-0.2, 0) is 0 Å². The molecule has 0 N–H and O–H groups in total. The van der Waals surface area contributed by atoms with Gasteiger partial charge in [-0.05, 0) is 65.1 Å². The molecule has 0 bridgehead atoms. The molecule has 4 rings (SSSR count). The first-order valence-corrected chi connectivity index (χ1v) is 7.49. The Morgan fingerprint density at radius 2 is 1.62 bits per heavy atom. The summed E-state index contributed by atoms with van der Waals surface area (Å²) < 4.78 is 0. The molecule has 0 saturated heterocycles. The number of hydrogen-bond acceptors (Lipinski definition) is 0. The lowest BCUT2D eigenvalue weighted by molar-refractivity contribution is -0.0831. The smallest absolute Gasteiger partial charge is 0.0181 e. The van der Waals surface area contributed by atoms with Gasteiger partial charge in [0.25, 0.3) is 0 Å². The summed E-state index contributed by atoms with van der Waals surface area (Å²) in [6.45, 7) is 12.6. The molecule has 4 fully saturated rings. The van der Waals surface area contributed by atoms with Crippen LogP contribution in [0.3, 0.4) is 0 Å². The molecule has 16 heavy (non-hydrogen) atoms. The lowest BCUT2D eigenvalue weighted by Crippen LogP contribution is -2.51. The molecule has 0 aromatic rings. The topological polar surface area (TPSA) is 0 Å². The maximum Gasteiger partial charge on any atom is -0.0181 e. The molecular formula is C16H26. The van der Waals surface area contributed by atoms with Gasteiger partial charge in [0.15, 0.2) is 0 Å². The Labute approximate surface area is 100 Å². The Kier molecular flexibility index (Phi) is 1.50. The number of rotatable bonds is 1. The molecule has 4 aliphatic carbocycles. The van der Waals surface area contributed by atoms with Crippen LogP contribution in [0.5, 0.6) is 0 Å². The van der Waals surface area contributed by atoms with Gasteiger partial charge in [0, 0.05) is 0 Å². The van der Waals surface area contributed by atoms with Crippen LogP contribution in [0.2, 0.25) is 0 Å². The predicted octanol–water partition coefficient (Wildman–Crippen LogP) is 4.21. The molecule has 0 radical (unpaired) electrons. The molecule has 0 aliphatic heterocycles. The van der Waals surface area contributed by atoms with E-state index in [2.05, 4.69) is 34.6 Å². The van der Waals surface area contributed by atoms with Crippen LogP contribution in [0, 0.1) is 52.3 Å². The van der Waals surface area contributed by atoms with E-state index in [0.717, 1.165) is 52.3 Å². The van der Waals surface area contributed by atoms with Crippen LogP contribution in [-0.4, -0.2) is 0 Å². The second-order valence-electron chi connectivity index (χ2n) is 7.92. The third-order valence-corrected chi connectivity index (χ3v) is 7.94. The van der Waals surface area contributed by atoms with E-state index >= 15 is 0 Å². The zero-order valence-electron chi connectivity index (χ0n) is 11.5. The molecule has 8 atom stereocenters. The van der Waals surface area contributed by atoms with E-state index in [1.165, 1.54) is 0 Å². The Morgan fingerprint density at radius 3 is 2.12 bits per heavy atom. The second kappa shape index (κ2) is 2.40. The molecule has 0 heteroatoms. The average Bonchev–Trinajstić information content (AvgIpc) is 3.02. The highest BCUT2D eigenvalue weighted by atomic mass is 14.9. The summed E-state index contributed by atoms with van der Waals surface area (Å²) in [4.78, 5) is 0. The summed E-state index contributed by atoms with van der Waals surface area (Å²) in [5, 5.41) is 0. The first-order chi connectivity index (χ1) is 7.49. The lowest BCUT2D eigenvalue weighted by Gasteiger charge is -2.55. The first-order valence-electron chi connectivity index (χ1n) is 7.49. The van der Waals surface area contributed by atoms with Crippen molar-refractivity contribution in [3.8, 4) is 0 Å². The van der Waals surface area contributed by atoms with Crippen LogP contribution < -0.4 is 0 Å². The van der Waals surface area contributed by atoms with Crippen molar-refractivity contribution in [3.05, 3.63) is 0 Å². The maximum absolute atomic E-state index is 2.59. The van der Waals surface area contributed by atoms with Gasteiger partial charge in [0.05, 0.1) is 0 Å². The van der Waals surface area contributed by atoms with Gasteiger partial charge in [-0.2, -0.15) is 0 Å². The van der Waals surface area contributed by atoms with E-state index in [0.29, 0.717) is 0 Å². The fraction of sp³-hybridized carbons (Fsp3) is 1.00. The second-order valence-corrected chi connectivity index (χ2v) is 7.92. The van der Waals surface area contributed by atoms with Gasteiger partial charge in [-0.1, -0.05) is 34.6 Å². The van der Waals surface area contributed by atoms with Crippen molar-refractivity contribution >= 4 is 0 Å². The van der Waals surface area contributed by atoms with Crippen molar-refractivity contribution in [2.75, 3.05) is 0 Å². The zero-order chi connectivity index (χ0) is 11.5. The minimum absolute atomic E-state index is 0.789. The Morgan fingerprint density at radius 1 is 1.00 bits per heavy atom. The van der Waals surface area contributed by atoms with E-state index in [-0.39, 0.29) is 0 Å². The third kappa shape index (κ3) is 0.680. The molecule has 4 saturated carbocycles. The molecule has 90 valence electrons. The molecule has 8 unspecified atom stereocenters. The van der Waals surface area contributed by atoms with E-state index in [9.17, 15) is 0 Å². The monoisotopic (exact) mass is 218 g/mol. The SMILES string of the molecule is CC1CC12C(C)C1C2CC2C(C)C21C(C)C. The molecule has 0 aromatic heterocycles. The van der Waals surface area contributed by atoms with Crippen LogP contribution in [0.4, 0.5) is 0 Å². The summed E-state index contributed by atoms with van der Waals surface area (Å²) in [6, 6.07) is 0. The van der Waals surface area contributed by atoms with Crippen LogP contribution in [0.25, 0.3) is 0 Å². The van der Waals surface area contributed by atoms with E-state index in [4.69, 9.17) is 0 Å². The van der Waals surface area contributed by atoms with Gasteiger partial charge in [0.1, 0.15) is 0 Å². The zero-order valence-corrected chi connectivity index (χ0v) is 11.5. The van der Waals surface area contributed by atoms with E-state index in [1.807, 2.05) is 0 Å². The molecule has 0 nitrogen and oxygen atoms in total. The quantitative estimate of drug-likeness (QED) is 0.618.